The van der Waals surface area contributed by atoms with E-state index in [-0.39, 0.29) is 35.8 Å². The van der Waals surface area contributed by atoms with E-state index in [1.54, 1.807) is 0 Å². The zero-order valence-electron chi connectivity index (χ0n) is 16.6. The Balaban J connectivity index is 1.61. The number of nitrogens with one attached hydrogen (secondary N) is 1. The third-order valence-corrected chi connectivity index (χ3v) is 6.80. The molecule has 2 unspecified atom stereocenters. The van der Waals surface area contributed by atoms with Crippen molar-refractivity contribution in [2.24, 2.45) is 5.14 Å². The van der Waals surface area contributed by atoms with E-state index in [0.717, 1.165) is 16.2 Å². The van der Waals surface area contributed by atoms with Crippen molar-refractivity contribution in [2.75, 3.05) is 18.4 Å². The van der Waals surface area contributed by atoms with Gasteiger partial charge in [-0.25, -0.2) is 15.1 Å². The van der Waals surface area contributed by atoms with Gasteiger partial charge in [0.2, 0.25) is 5.95 Å². The predicted molar refractivity (Wildman–Crippen MR) is 114 cm³/mol. The Morgan fingerprint density at radius 1 is 1.22 bits per heavy atom. The molecule has 0 amide bonds. The van der Waals surface area contributed by atoms with Crippen molar-refractivity contribution in [3.63, 3.8) is 0 Å². The van der Waals surface area contributed by atoms with Gasteiger partial charge in [0.15, 0.2) is 5.69 Å². The molecular weight excluding hydrogens is 469 g/mol. The number of aromatic nitrogens is 3. The highest BCUT2D eigenvalue weighted by Crippen LogP contribution is 2.33. The van der Waals surface area contributed by atoms with Crippen LogP contribution in [0.4, 0.5) is 19.1 Å². The number of nitrogens with two attached hydrogens (primary N) is 1. The number of anilines is 1. The average Bonchev–Trinajstić information content (AvgIpc) is 3.16. The van der Waals surface area contributed by atoms with Crippen LogP contribution in [0.15, 0.2) is 42.6 Å². The van der Waals surface area contributed by atoms with Crippen LogP contribution in [0.25, 0.3) is 5.65 Å². The van der Waals surface area contributed by atoms with Crippen LogP contribution in [0, 0.1) is 0 Å². The number of piperidine rings is 1. The van der Waals surface area contributed by atoms with E-state index in [9.17, 15) is 21.6 Å². The molecular formula is C19H20ClF3N6O2S. The maximum atomic E-state index is 13.1. The van der Waals surface area contributed by atoms with Crippen molar-refractivity contribution in [2.45, 2.75) is 31.0 Å². The second-order valence-corrected chi connectivity index (χ2v) is 9.46. The lowest BCUT2D eigenvalue weighted by Gasteiger charge is -2.37. The van der Waals surface area contributed by atoms with E-state index >= 15 is 0 Å². The van der Waals surface area contributed by atoms with Gasteiger partial charge in [0, 0.05) is 31.4 Å². The van der Waals surface area contributed by atoms with Gasteiger partial charge in [-0.2, -0.15) is 25.9 Å². The minimum absolute atomic E-state index is 0.0201. The molecule has 3 N–H and O–H groups in total. The van der Waals surface area contributed by atoms with Crippen LogP contribution in [0.3, 0.4) is 0 Å². The Kier molecular flexibility index (Phi) is 6.05. The molecule has 1 saturated heterocycles. The van der Waals surface area contributed by atoms with Crippen LogP contribution in [-0.4, -0.2) is 46.2 Å². The molecule has 8 nitrogen and oxygen atoms in total. The first-order chi connectivity index (χ1) is 15.0. The Hall–Kier alpha value is -2.41. The first-order valence-corrected chi connectivity index (χ1v) is 11.6. The van der Waals surface area contributed by atoms with Crippen molar-refractivity contribution in [3.8, 4) is 0 Å². The predicted octanol–water partition coefficient (Wildman–Crippen LogP) is 3.27. The number of hydrogen-bond donors (Lipinski definition) is 2. The molecule has 0 radical (unpaired) electrons. The molecule has 3 aromatic rings. The fraction of sp³-hybridized carbons (Fsp3) is 0.368. The van der Waals surface area contributed by atoms with E-state index in [1.807, 2.05) is 30.3 Å². The summed E-state index contributed by atoms with van der Waals surface area (Å²) in [6.07, 6.45) is -2.74. The van der Waals surface area contributed by atoms with Crippen LogP contribution in [-0.2, 0) is 16.4 Å². The van der Waals surface area contributed by atoms with Crippen molar-refractivity contribution < 1.29 is 21.6 Å². The molecule has 3 heterocycles. The number of benzene rings is 1. The summed E-state index contributed by atoms with van der Waals surface area (Å²) in [6.45, 7) is 0.300. The lowest BCUT2D eigenvalue weighted by Crippen LogP contribution is -2.51. The summed E-state index contributed by atoms with van der Waals surface area (Å²) in [5.74, 6) is 0.130. The number of hydrogen-bond acceptors (Lipinski definition) is 5. The highest BCUT2D eigenvalue weighted by Gasteiger charge is 2.36. The number of imidazole rings is 1. The van der Waals surface area contributed by atoms with Gasteiger partial charge in [-0.15, -0.1) is 0 Å². The standard InChI is InChI=1S/C19H20ClF3N6O2S/c20-16-9-17-26-15(19(21,22)23)11-28(17)18(27-16)25-10-14-8-13(12-4-2-1-3-5-12)6-7-29(14)32(24,30)31/h1-5,9,11,13-14H,6-8,10H2,(H,25,27)(H2,24,30,31). The Bertz CT molecular complexity index is 1220. The molecule has 1 aromatic carbocycles. The largest absolute Gasteiger partial charge is 0.434 e. The third-order valence-electron chi connectivity index (χ3n) is 5.47. The van der Waals surface area contributed by atoms with Crippen LogP contribution in [0.5, 0.6) is 0 Å². The van der Waals surface area contributed by atoms with Gasteiger partial charge >= 0.3 is 6.18 Å². The summed E-state index contributed by atoms with van der Waals surface area (Å²) in [7, 11) is -3.97. The average molecular weight is 489 g/mol. The maximum Gasteiger partial charge on any atom is 0.434 e. The quantitative estimate of drug-likeness (QED) is 0.536. The number of nitrogens with zero attached hydrogens (tertiary/aromatic N) is 4. The topological polar surface area (TPSA) is 106 Å². The Morgan fingerprint density at radius 3 is 2.59 bits per heavy atom. The maximum absolute atomic E-state index is 13.1. The zero-order valence-corrected chi connectivity index (χ0v) is 18.2. The number of rotatable bonds is 5. The number of halogens is 4. The van der Waals surface area contributed by atoms with Crippen molar-refractivity contribution in [1.82, 2.24) is 18.7 Å². The smallest absolute Gasteiger partial charge is 0.354 e. The molecule has 0 aliphatic carbocycles. The highest BCUT2D eigenvalue weighted by atomic mass is 35.5. The monoisotopic (exact) mass is 488 g/mol. The summed E-state index contributed by atoms with van der Waals surface area (Å²) in [6, 6.07) is 10.4. The summed E-state index contributed by atoms with van der Waals surface area (Å²) in [5, 5.41) is 8.30. The first-order valence-electron chi connectivity index (χ1n) is 9.73. The van der Waals surface area contributed by atoms with Gasteiger partial charge in [-0.3, -0.25) is 4.40 Å². The summed E-state index contributed by atoms with van der Waals surface area (Å²) < 4.78 is 65.9. The lowest BCUT2D eigenvalue weighted by molar-refractivity contribution is -0.140. The third kappa shape index (κ3) is 4.82. The molecule has 1 fully saturated rings. The van der Waals surface area contributed by atoms with Crippen LogP contribution < -0.4 is 10.5 Å². The molecule has 32 heavy (non-hydrogen) atoms. The van der Waals surface area contributed by atoms with Crippen LogP contribution in [0.2, 0.25) is 5.15 Å². The summed E-state index contributed by atoms with van der Waals surface area (Å²) >= 11 is 5.96. The molecule has 2 aromatic heterocycles. The number of fused-ring (bicyclic) bond motifs is 1. The molecule has 4 rings (SSSR count). The molecule has 13 heteroatoms. The highest BCUT2D eigenvalue weighted by molar-refractivity contribution is 7.86. The minimum Gasteiger partial charge on any atom is -0.354 e. The van der Waals surface area contributed by atoms with E-state index < -0.39 is 28.1 Å². The van der Waals surface area contributed by atoms with E-state index in [4.69, 9.17) is 16.7 Å². The van der Waals surface area contributed by atoms with Gasteiger partial charge in [0.25, 0.3) is 10.2 Å². The second-order valence-electron chi connectivity index (χ2n) is 7.58. The molecule has 2 atom stereocenters. The van der Waals surface area contributed by atoms with Gasteiger partial charge < -0.3 is 5.32 Å². The van der Waals surface area contributed by atoms with Crippen molar-refractivity contribution >= 4 is 33.4 Å². The fourth-order valence-electron chi connectivity index (χ4n) is 4.01. The van der Waals surface area contributed by atoms with E-state index in [0.29, 0.717) is 12.8 Å². The fourth-order valence-corrected chi connectivity index (χ4v) is 5.12. The van der Waals surface area contributed by atoms with Gasteiger partial charge in [0.1, 0.15) is 10.8 Å². The van der Waals surface area contributed by atoms with E-state index in [2.05, 4.69) is 15.3 Å². The van der Waals surface area contributed by atoms with Gasteiger partial charge in [0.05, 0.1) is 0 Å². The number of alkyl halides is 3. The molecule has 172 valence electrons. The van der Waals surface area contributed by atoms with Crippen LogP contribution >= 0.6 is 11.6 Å². The summed E-state index contributed by atoms with van der Waals surface area (Å²) in [5.41, 5.74) is -0.0363. The molecule has 1 aliphatic heterocycles. The molecule has 0 bridgehead atoms. The molecule has 0 saturated carbocycles. The molecule has 1 aliphatic rings. The molecule has 0 spiro atoms. The zero-order chi connectivity index (χ0) is 23.1. The van der Waals surface area contributed by atoms with E-state index in [1.165, 1.54) is 10.4 Å². The van der Waals surface area contributed by atoms with Gasteiger partial charge in [-0.1, -0.05) is 41.9 Å². The normalized spacial score (nSPS) is 20.5. The SMILES string of the molecule is NS(=O)(=O)N1CCC(c2ccccc2)CC1CNc1nc(Cl)cc2nc(C(F)(F)F)cn12. The Morgan fingerprint density at radius 2 is 1.94 bits per heavy atom. The second kappa shape index (κ2) is 8.50. The van der Waals surface area contributed by atoms with Crippen LogP contribution in [0.1, 0.15) is 30.0 Å². The first kappa shape index (κ1) is 22.8. The van der Waals surface area contributed by atoms with Gasteiger partial charge in [-0.05, 0) is 24.3 Å². The summed E-state index contributed by atoms with van der Waals surface area (Å²) in [4.78, 5) is 7.61. The minimum atomic E-state index is -4.63. The van der Waals surface area contributed by atoms with Crippen molar-refractivity contribution in [1.29, 1.82) is 0 Å². The van der Waals surface area contributed by atoms with Crippen molar-refractivity contribution in [3.05, 3.63) is 59.0 Å². The Labute approximate surface area is 187 Å². The lowest BCUT2D eigenvalue weighted by atomic mass is 9.86.